The van der Waals surface area contributed by atoms with Crippen LogP contribution in [0.1, 0.15) is 32.6 Å². The third-order valence-electron chi connectivity index (χ3n) is 7.09. The van der Waals surface area contributed by atoms with E-state index >= 15 is 0 Å². The fourth-order valence-electron chi connectivity index (χ4n) is 4.62. The van der Waals surface area contributed by atoms with Gasteiger partial charge in [0, 0.05) is 25.2 Å². The van der Waals surface area contributed by atoms with Gasteiger partial charge in [-0.3, -0.25) is 4.79 Å². The van der Waals surface area contributed by atoms with Crippen LogP contribution in [0.5, 0.6) is 5.75 Å². The van der Waals surface area contributed by atoms with E-state index in [4.69, 9.17) is 4.74 Å². The second-order valence-corrected chi connectivity index (χ2v) is 12.3. The summed E-state index contributed by atoms with van der Waals surface area (Å²) in [5.41, 5.74) is 0.822. The predicted octanol–water partition coefficient (Wildman–Crippen LogP) is 4.82. The number of methoxy groups -OCH3 is 1. The summed E-state index contributed by atoms with van der Waals surface area (Å²) in [4.78, 5) is 13.2. The number of halogens is 4. The molecule has 0 aliphatic heterocycles. The van der Waals surface area contributed by atoms with Gasteiger partial charge in [-0.2, -0.15) is 13.2 Å². The minimum absolute atomic E-state index is 0.0116. The molecular formula is C33H33F4N3O5S. The Morgan fingerprint density at radius 1 is 0.870 bits per heavy atom. The van der Waals surface area contributed by atoms with Crippen LogP contribution in [-0.2, 0) is 35.7 Å². The molecule has 0 fully saturated rings. The topological polar surface area (TPSA) is 117 Å². The number of nitrogens with one attached hydrogen (secondary N) is 3. The van der Waals surface area contributed by atoms with E-state index in [0.717, 1.165) is 12.1 Å². The van der Waals surface area contributed by atoms with Crippen molar-refractivity contribution < 1.29 is 40.6 Å². The summed E-state index contributed by atoms with van der Waals surface area (Å²) < 4.78 is 86.5. The van der Waals surface area contributed by atoms with Crippen molar-refractivity contribution in [3.05, 3.63) is 131 Å². The molecule has 4 N–H and O–H groups in total. The van der Waals surface area contributed by atoms with Crippen LogP contribution in [0.4, 0.5) is 17.6 Å². The maximum Gasteiger partial charge on any atom is 0.416 e. The molecule has 0 radical (unpaired) electrons. The van der Waals surface area contributed by atoms with Crippen LogP contribution in [0.25, 0.3) is 0 Å². The van der Waals surface area contributed by atoms with Crippen LogP contribution in [0.3, 0.4) is 0 Å². The standard InChI is InChI=1S/C33H33F4N3O5S/c1-45-28-9-3-6-24(16-28)20-39-46(43,44)29-10-4-7-25(18-29)32(42)40-30(17-22-11-13-27(34)14-12-22)31(41)21-38-19-23-5-2-8-26(15-23)33(35,36)37/h2-16,18,30-31,38-39,41H,17,19-21H2,1H3,(H,40,42). The predicted molar refractivity (Wildman–Crippen MR) is 164 cm³/mol. The Labute approximate surface area is 264 Å². The van der Waals surface area contributed by atoms with E-state index in [-0.39, 0.29) is 36.5 Å². The van der Waals surface area contributed by atoms with Crippen molar-refractivity contribution in [3.8, 4) is 5.75 Å². The molecule has 0 heterocycles. The fourth-order valence-corrected chi connectivity index (χ4v) is 5.69. The maximum atomic E-state index is 13.5. The molecule has 244 valence electrons. The molecule has 1 amide bonds. The first kappa shape index (κ1) is 34.6. The Bertz CT molecular complexity index is 1730. The van der Waals surface area contributed by atoms with Gasteiger partial charge in [-0.15, -0.1) is 0 Å². The van der Waals surface area contributed by atoms with Gasteiger partial charge in [-0.05, 0) is 71.6 Å². The number of rotatable bonds is 14. The van der Waals surface area contributed by atoms with E-state index in [2.05, 4.69) is 15.4 Å². The van der Waals surface area contributed by atoms with Gasteiger partial charge in [-0.1, -0.05) is 48.5 Å². The fraction of sp³-hybridized carbons (Fsp3) is 0.242. The Morgan fingerprint density at radius 2 is 1.54 bits per heavy atom. The molecular weight excluding hydrogens is 626 g/mol. The van der Waals surface area contributed by atoms with Gasteiger partial charge in [-0.25, -0.2) is 17.5 Å². The number of hydrogen-bond acceptors (Lipinski definition) is 6. The summed E-state index contributed by atoms with van der Waals surface area (Å²) in [6, 6.07) is 21.6. The highest BCUT2D eigenvalue weighted by molar-refractivity contribution is 7.89. The molecule has 2 unspecified atom stereocenters. The third-order valence-corrected chi connectivity index (χ3v) is 8.49. The van der Waals surface area contributed by atoms with Crippen LogP contribution in [0, 0.1) is 5.82 Å². The normalized spacial score (nSPS) is 13.2. The molecule has 0 aliphatic carbocycles. The van der Waals surface area contributed by atoms with Gasteiger partial charge in [0.25, 0.3) is 5.91 Å². The molecule has 4 rings (SSSR count). The number of carbonyl (C=O) groups excluding carboxylic acids is 1. The minimum atomic E-state index is -4.50. The highest BCUT2D eigenvalue weighted by Crippen LogP contribution is 2.29. The highest BCUT2D eigenvalue weighted by Gasteiger charge is 2.30. The number of alkyl halides is 3. The number of hydrogen-bond donors (Lipinski definition) is 4. The quantitative estimate of drug-likeness (QED) is 0.144. The number of sulfonamides is 1. The number of ether oxygens (including phenoxy) is 1. The molecule has 13 heteroatoms. The Hall–Kier alpha value is -4.30. The molecule has 0 saturated carbocycles. The largest absolute Gasteiger partial charge is 0.497 e. The zero-order valence-corrected chi connectivity index (χ0v) is 25.5. The molecule has 4 aromatic rings. The van der Waals surface area contributed by atoms with Crippen LogP contribution in [0.2, 0.25) is 0 Å². The van der Waals surface area contributed by atoms with Crippen molar-refractivity contribution in [1.29, 1.82) is 0 Å². The van der Waals surface area contributed by atoms with E-state index in [0.29, 0.717) is 22.4 Å². The van der Waals surface area contributed by atoms with Crippen molar-refractivity contribution in [1.82, 2.24) is 15.4 Å². The first-order chi connectivity index (χ1) is 21.8. The van der Waals surface area contributed by atoms with E-state index < -0.39 is 45.6 Å². The molecule has 2 atom stereocenters. The molecule has 46 heavy (non-hydrogen) atoms. The lowest BCUT2D eigenvalue weighted by Gasteiger charge is -2.25. The molecule has 0 spiro atoms. The SMILES string of the molecule is COc1cccc(CNS(=O)(=O)c2cccc(C(=O)NC(Cc3ccc(F)cc3)C(O)CNCc3cccc(C(F)(F)F)c3)c2)c1. The molecule has 0 aliphatic rings. The van der Waals surface area contributed by atoms with Gasteiger partial charge >= 0.3 is 6.18 Å². The molecule has 0 saturated heterocycles. The van der Waals surface area contributed by atoms with Crippen molar-refractivity contribution in [2.75, 3.05) is 13.7 Å². The average molecular weight is 660 g/mol. The van der Waals surface area contributed by atoms with Gasteiger partial charge < -0.3 is 20.5 Å². The van der Waals surface area contributed by atoms with Crippen molar-refractivity contribution in [3.63, 3.8) is 0 Å². The number of aliphatic hydroxyl groups excluding tert-OH is 1. The maximum absolute atomic E-state index is 13.5. The van der Waals surface area contributed by atoms with Crippen LogP contribution in [-0.4, -0.2) is 45.2 Å². The Kier molecular flexibility index (Phi) is 11.5. The summed E-state index contributed by atoms with van der Waals surface area (Å²) >= 11 is 0. The van der Waals surface area contributed by atoms with E-state index in [1.54, 1.807) is 24.3 Å². The van der Waals surface area contributed by atoms with Gasteiger partial charge in [0.05, 0.1) is 29.7 Å². The summed E-state index contributed by atoms with van der Waals surface area (Å²) in [5, 5.41) is 16.7. The molecule has 0 bridgehead atoms. The summed E-state index contributed by atoms with van der Waals surface area (Å²) in [7, 11) is -2.52. The first-order valence-electron chi connectivity index (χ1n) is 14.2. The smallest absolute Gasteiger partial charge is 0.416 e. The summed E-state index contributed by atoms with van der Waals surface area (Å²) in [6.45, 7) is -0.110. The Balaban J connectivity index is 1.45. The van der Waals surface area contributed by atoms with Crippen LogP contribution < -0.4 is 20.1 Å². The van der Waals surface area contributed by atoms with Crippen molar-refractivity contribution in [2.45, 2.75) is 42.7 Å². The lowest BCUT2D eigenvalue weighted by molar-refractivity contribution is -0.137. The van der Waals surface area contributed by atoms with Gasteiger partial charge in [0.2, 0.25) is 10.0 Å². The second-order valence-electron chi connectivity index (χ2n) is 10.5. The highest BCUT2D eigenvalue weighted by atomic mass is 32.2. The van der Waals surface area contributed by atoms with E-state index in [1.165, 1.54) is 67.8 Å². The van der Waals surface area contributed by atoms with Crippen LogP contribution >= 0.6 is 0 Å². The van der Waals surface area contributed by atoms with Crippen molar-refractivity contribution in [2.24, 2.45) is 0 Å². The van der Waals surface area contributed by atoms with Gasteiger partial charge in [0.1, 0.15) is 11.6 Å². The average Bonchev–Trinajstić information content (AvgIpc) is 3.04. The molecule has 0 aromatic heterocycles. The second kappa shape index (κ2) is 15.3. The summed E-state index contributed by atoms with van der Waals surface area (Å²) in [6.07, 6.45) is -5.64. The Morgan fingerprint density at radius 3 is 2.24 bits per heavy atom. The molecule has 8 nitrogen and oxygen atoms in total. The lowest BCUT2D eigenvalue weighted by Crippen LogP contribution is -2.48. The van der Waals surface area contributed by atoms with E-state index in [1.807, 2.05) is 0 Å². The number of carbonyl (C=O) groups is 1. The lowest BCUT2D eigenvalue weighted by atomic mass is 10.00. The van der Waals surface area contributed by atoms with Crippen LogP contribution in [0.15, 0.2) is 102 Å². The first-order valence-corrected chi connectivity index (χ1v) is 15.7. The number of benzene rings is 4. The van der Waals surface area contributed by atoms with Gasteiger partial charge in [0.15, 0.2) is 0 Å². The molecule has 4 aromatic carbocycles. The van der Waals surface area contributed by atoms with Crippen molar-refractivity contribution >= 4 is 15.9 Å². The number of aliphatic hydroxyl groups is 1. The zero-order chi connectivity index (χ0) is 33.3. The monoisotopic (exact) mass is 659 g/mol. The number of amides is 1. The third kappa shape index (κ3) is 9.85. The summed E-state index contributed by atoms with van der Waals surface area (Å²) in [5.74, 6) is -0.571. The minimum Gasteiger partial charge on any atom is -0.497 e. The zero-order valence-electron chi connectivity index (χ0n) is 24.7. The van der Waals surface area contributed by atoms with E-state index in [9.17, 15) is 35.9 Å².